The van der Waals surface area contributed by atoms with Crippen LogP contribution in [0.2, 0.25) is 0 Å². The average molecular weight is 225 g/mol. The van der Waals surface area contributed by atoms with E-state index in [4.69, 9.17) is 0 Å². The molecule has 16 heavy (non-hydrogen) atoms. The molecule has 3 nitrogen and oxygen atoms in total. The van der Waals surface area contributed by atoms with Gasteiger partial charge in [0.2, 0.25) is 0 Å². The molecule has 0 spiro atoms. The van der Waals surface area contributed by atoms with Crippen molar-refractivity contribution in [3.05, 3.63) is 0 Å². The Morgan fingerprint density at radius 3 is 2.56 bits per heavy atom. The second-order valence-corrected chi connectivity index (χ2v) is 5.98. The van der Waals surface area contributed by atoms with E-state index in [9.17, 15) is 9.90 Å². The number of hydrogen-bond acceptors (Lipinski definition) is 2. The molecule has 2 rings (SSSR count). The summed E-state index contributed by atoms with van der Waals surface area (Å²) in [7, 11) is 0. The number of hydrogen-bond donors (Lipinski definition) is 1. The number of carboxylic acids is 1. The quantitative estimate of drug-likeness (QED) is 0.785. The second kappa shape index (κ2) is 4.36. The molecule has 0 amide bonds. The molecule has 2 fully saturated rings. The predicted molar refractivity (Wildman–Crippen MR) is 63.4 cm³/mol. The van der Waals surface area contributed by atoms with Crippen LogP contribution in [0.3, 0.4) is 0 Å². The third kappa shape index (κ3) is 2.10. The van der Waals surface area contributed by atoms with Crippen LogP contribution in [0.25, 0.3) is 0 Å². The Balaban J connectivity index is 2.14. The lowest BCUT2D eigenvalue weighted by Gasteiger charge is -2.43. The van der Waals surface area contributed by atoms with Gasteiger partial charge in [-0.25, -0.2) is 0 Å². The molecule has 2 aliphatic rings. The normalized spacial score (nSPS) is 35.1. The van der Waals surface area contributed by atoms with Crippen molar-refractivity contribution in [1.82, 2.24) is 4.90 Å². The molecule has 92 valence electrons. The Bertz CT molecular complexity index is 275. The summed E-state index contributed by atoms with van der Waals surface area (Å²) in [5.41, 5.74) is 0.297. The van der Waals surface area contributed by atoms with Crippen molar-refractivity contribution in [3.8, 4) is 0 Å². The fourth-order valence-corrected chi connectivity index (χ4v) is 3.52. The fraction of sp³-hybridized carbons (Fsp3) is 0.923. The summed E-state index contributed by atoms with van der Waals surface area (Å²) in [6.07, 6.45) is 6.73. The molecule has 1 saturated heterocycles. The lowest BCUT2D eigenvalue weighted by atomic mass is 9.84. The molecular weight excluding hydrogens is 202 g/mol. The molecule has 0 radical (unpaired) electrons. The van der Waals surface area contributed by atoms with Crippen LogP contribution < -0.4 is 0 Å². The summed E-state index contributed by atoms with van der Waals surface area (Å²) in [6.45, 7) is 5.56. The maximum atomic E-state index is 11.3. The smallest absolute Gasteiger partial charge is 0.320 e. The average Bonchev–Trinajstić information content (AvgIpc) is 2.58. The van der Waals surface area contributed by atoms with Gasteiger partial charge in [-0.3, -0.25) is 9.69 Å². The van der Waals surface area contributed by atoms with Crippen molar-refractivity contribution < 1.29 is 9.90 Å². The van der Waals surface area contributed by atoms with E-state index in [0.29, 0.717) is 11.5 Å². The first-order valence-corrected chi connectivity index (χ1v) is 6.51. The van der Waals surface area contributed by atoms with Gasteiger partial charge >= 0.3 is 5.97 Å². The Kier molecular flexibility index (Phi) is 3.24. The van der Waals surface area contributed by atoms with Crippen molar-refractivity contribution in [1.29, 1.82) is 0 Å². The highest BCUT2D eigenvalue weighted by Crippen LogP contribution is 2.42. The van der Waals surface area contributed by atoms with Crippen LogP contribution >= 0.6 is 0 Å². The summed E-state index contributed by atoms with van der Waals surface area (Å²) in [5, 5.41) is 9.30. The highest BCUT2D eigenvalue weighted by Gasteiger charge is 2.43. The largest absolute Gasteiger partial charge is 0.480 e. The summed E-state index contributed by atoms with van der Waals surface area (Å²) in [4.78, 5) is 13.6. The molecule has 1 heterocycles. The minimum absolute atomic E-state index is 0.226. The number of rotatable bonds is 2. The SMILES string of the molecule is CC1(C)CCCC1N1CCCCC1C(=O)O. The van der Waals surface area contributed by atoms with Crippen LogP contribution in [0.5, 0.6) is 0 Å². The van der Waals surface area contributed by atoms with Gasteiger partial charge in [-0.05, 0) is 37.6 Å². The number of piperidine rings is 1. The number of nitrogens with zero attached hydrogens (tertiary/aromatic N) is 1. The summed E-state index contributed by atoms with van der Waals surface area (Å²) in [6, 6.07) is 0.255. The van der Waals surface area contributed by atoms with E-state index in [1.165, 1.54) is 19.3 Å². The van der Waals surface area contributed by atoms with E-state index in [-0.39, 0.29) is 6.04 Å². The third-order valence-electron chi connectivity index (χ3n) is 4.43. The molecule has 2 unspecified atom stereocenters. The van der Waals surface area contributed by atoms with E-state index in [1.54, 1.807) is 0 Å². The van der Waals surface area contributed by atoms with Crippen molar-refractivity contribution in [2.24, 2.45) is 5.41 Å². The molecule has 0 bridgehead atoms. The third-order valence-corrected chi connectivity index (χ3v) is 4.43. The van der Waals surface area contributed by atoms with Crippen LogP contribution in [0, 0.1) is 5.41 Å². The Labute approximate surface area is 97.8 Å². The van der Waals surface area contributed by atoms with Crippen molar-refractivity contribution >= 4 is 5.97 Å². The zero-order valence-electron chi connectivity index (χ0n) is 10.4. The number of likely N-dealkylation sites (tertiary alicyclic amines) is 1. The molecule has 0 aromatic heterocycles. The maximum absolute atomic E-state index is 11.3. The highest BCUT2D eigenvalue weighted by atomic mass is 16.4. The predicted octanol–water partition coefficient (Wildman–Crippen LogP) is 2.50. The number of carbonyl (C=O) groups is 1. The molecule has 0 aromatic carbocycles. The molecule has 3 heteroatoms. The molecule has 1 saturated carbocycles. The van der Waals surface area contributed by atoms with Crippen molar-refractivity contribution in [2.75, 3.05) is 6.54 Å². The van der Waals surface area contributed by atoms with E-state index in [0.717, 1.165) is 25.8 Å². The first-order valence-electron chi connectivity index (χ1n) is 6.51. The van der Waals surface area contributed by atoms with Gasteiger partial charge in [-0.2, -0.15) is 0 Å². The van der Waals surface area contributed by atoms with E-state index >= 15 is 0 Å². The number of carboxylic acid groups (broad SMARTS) is 1. The zero-order valence-corrected chi connectivity index (χ0v) is 10.4. The fourth-order valence-electron chi connectivity index (χ4n) is 3.52. The molecule has 2 atom stereocenters. The first kappa shape index (κ1) is 11.9. The summed E-state index contributed by atoms with van der Waals surface area (Å²) in [5.74, 6) is -0.623. The van der Waals surface area contributed by atoms with Gasteiger partial charge in [-0.1, -0.05) is 26.7 Å². The van der Waals surface area contributed by atoms with Crippen LogP contribution in [-0.2, 0) is 4.79 Å². The van der Waals surface area contributed by atoms with Gasteiger partial charge in [-0.15, -0.1) is 0 Å². The van der Waals surface area contributed by atoms with Gasteiger partial charge in [0.05, 0.1) is 0 Å². The Hall–Kier alpha value is -0.570. The standard InChI is InChI=1S/C13H23NO2/c1-13(2)8-5-7-11(13)14-9-4-3-6-10(14)12(15)16/h10-11H,3-9H2,1-2H3,(H,15,16). The maximum Gasteiger partial charge on any atom is 0.320 e. The first-order chi connectivity index (χ1) is 7.52. The Morgan fingerprint density at radius 2 is 2.00 bits per heavy atom. The topological polar surface area (TPSA) is 40.5 Å². The van der Waals surface area contributed by atoms with Gasteiger partial charge < -0.3 is 5.11 Å². The van der Waals surface area contributed by atoms with Crippen LogP contribution in [0.4, 0.5) is 0 Å². The van der Waals surface area contributed by atoms with Gasteiger partial charge in [0.25, 0.3) is 0 Å². The minimum atomic E-state index is -0.623. The monoisotopic (exact) mass is 225 g/mol. The number of aliphatic carboxylic acids is 1. The van der Waals surface area contributed by atoms with Gasteiger partial charge in [0.1, 0.15) is 6.04 Å². The van der Waals surface area contributed by atoms with Crippen LogP contribution in [0.1, 0.15) is 52.4 Å². The van der Waals surface area contributed by atoms with E-state index in [2.05, 4.69) is 18.7 Å². The lowest BCUT2D eigenvalue weighted by Crippen LogP contribution is -2.53. The van der Waals surface area contributed by atoms with Gasteiger partial charge in [0.15, 0.2) is 0 Å². The van der Waals surface area contributed by atoms with Crippen LogP contribution in [0.15, 0.2) is 0 Å². The molecule has 1 N–H and O–H groups in total. The lowest BCUT2D eigenvalue weighted by molar-refractivity contribution is -0.146. The van der Waals surface area contributed by atoms with Crippen LogP contribution in [-0.4, -0.2) is 34.6 Å². The molecule has 1 aliphatic carbocycles. The molecular formula is C13H23NO2. The minimum Gasteiger partial charge on any atom is -0.480 e. The Morgan fingerprint density at radius 1 is 1.25 bits per heavy atom. The van der Waals surface area contributed by atoms with E-state index in [1.807, 2.05) is 0 Å². The highest BCUT2D eigenvalue weighted by molar-refractivity contribution is 5.73. The second-order valence-electron chi connectivity index (χ2n) is 5.98. The summed E-state index contributed by atoms with van der Waals surface area (Å²) >= 11 is 0. The van der Waals surface area contributed by atoms with Crippen molar-refractivity contribution in [2.45, 2.75) is 64.5 Å². The summed E-state index contributed by atoms with van der Waals surface area (Å²) < 4.78 is 0. The molecule has 1 aliphatic heterocycles. The zero-order chi connectivity index (χ0) is 11.8. The van der Waals surface area contributed by atoms with Crippen molar-refractivity contribution in [3.63, 3.8) is 0 Å². The van der Waals surface area contributed by atoms with Gasteiger partial charge in [0, 0.05) is 6.04 Å². The molecule has 0 aromatic rings. The van der Waals surface area contributed by atoms with E-state index < -0.39 is 5.97 Å².